The third kappa shape index (κ3) is 6.98. The molecule has 0 radical (unpaired) electrons. The van der Waals surface area contributed by atoms with E-state index < -0.39 is 5.60 Å². The number of aromatic nitrogens is 1. The average molecular weight is 309 g/mol. The lowest BCUT2D eigenvalue weighted by atomic mass is 10.1. The third-order valence-corrected chi connectivity index (χ3v) is 3.36. The predicted octanol–water partition coefficient (Wildman–Crippen LogP) is 3.29. The van der Waals surface area contributed by atoms with Gasteiger partial charge >= 0.3 is 6.09 Å². The molecular formula is C17H31N3O2. The van der Waals surface area contributed by atoms with Crippen LogP contribution >= 0.6 is 0 Å². The Kier molecular flexibility index (Phi) is 7.45. The summed E-state index contributed by atoms with van der Waals surface area (Å²) in [6.07, 6.45) is 3.82. The zero-order valence-electron chi connectivity index (χ0n) is 14.6. The van der Waals surface area contributed by atoms with Crippen LogP contribution in [-0.4, -0.2) is 28.8 Å². The Labute approximate surface area is 134 Å². The minimum atomic E-state index is -0.459. The molecule has 0 spiro atoms. The third-order valence-electron chi connectivity index (χ3n) is 3.36. The maximum Gasteiger partial charge on any atom is 0.407 e. The number of aryl methyl sites for hydroxylation is 1. The Balaban J connectivity index is 2.43. The second-order valence-electron chi connectivity index (χ2n) is 6.53. The number of alkyl carbamates (subject to hydrolysis) is 1. The van der Waals surface area contributed by atoms with E-state index >= 15 is 0 Å². The molecule has 0 saturated carbocycles. The molecule has 1 atom stereocenters. The van der Waals surface area contributed by atoms with Gasteiger partial charge in [-0.3, -0.25) is 0 Å². The van der Waals surface area contributed by atoms with Gasteiger partial charge in [-0.15, -0.1) is 0 Å². The van der Waals surface area contributed by atoms with E-state index in [-0.39, 0.29) is 12.1 Å². The van der Waals surface area contributed by atoms with E-state index in [0.717, 1.165) is 25.9 Å². The highest BCUT2D eigenvalue weighted by molar-refractivity contribution is 5.67. The Morgan fingerprint density at radius 3 is 2.68 bits per heavy atom. The Morgan fingerprint density at radius 1 is 1.36 bits per heavy atom. The van der Waals surface area contributed by atoms with Gasteiger partial charge in [0.05, 0.1) is 0 Å². The molecule has 0 fully saturated rings. The molecule has 1 aromatic rings. The zero-order valence-corrected chi connectivity index (χ0v) is 14.6. The van der Waals surface area contributed by atoms with E-state index in [1.54, 1.807) is 0 Å². The van der Waals surface area contributed by atoms with E-state index in [4.69, 9.17) is 4.74 Å². The molecule has 0 saturated heterocycles. The molecule has 1 rings (SSSR count). The topological polar surface area (TPSA) is 55.3 Å². The van der Waals surface area contributed by atoms with Crippen molar-refractivity contribution >= 4 is 6.09 Å². The van der Waals surface area contributed by atoms with Crippen LogP contribution in [0, 0.1) is 0 Å². The maximum atomic E-state index is 11.7. The van der Waals surface area contributed by atoms with Crippen molar-refractivity contribution in [2.45, 2.75) is 72.2 Å². The zero-order chi connectivity index (χ0) is 16.6. The number of hydrogen-bond acceptors (Lipinski definition) is 3. The Hall–Kier alpha value is -1.49. The monoisotopic (exact) mass is 309 g/mol. The number of nitrogens with zero attached hydrogens (tertiary/aromatic N) is 1. The number of rotatable bonds is 8. The quantitative estimate of drug-likeness (QED) is 0.775. The van der Waals surface area contributed by atoms with E-state index in [1.807, 2.05) is 20.8 Å². The first-order valence-corrected chi connectivity index (χ1v) is 8.20. The van der Waals surface area contributed by atoms with Crippen molar-refractivity contribution in [3.8, 4) is 0 Å². The summed E-state index contributed by atoms with van der Waals surface area (Å²) in [5, 5.41) is 6.38. The van der Waals surface area contributed by atoms with Crippen LogP contribution in [0.4, 0.5) is 4.79 Å². The fourth-order valence-corrected chi connectivity index (χ4v) is 2.31. The highest BCUT2D eigenvalue weighted by Gasteiger charge is 2.17. The molecule has 126 valence electrons. The summed E-state index contributed by atoms with van der Waals surface area (Å²) < 4.78 is 7.49. The van der Waals surface area contributed by atoms with Gasteiger partial charge in [-0.2, -0.15) is 0 Å². The van der Waals surface area contributed by atoms with Gasteiger partial charge in [0.25, 0.3) is 0 Å². The number of nitrogens with one attached hydrogen (secondary N) is 2. The normalized spacial score (nSPS) is 13.0. The maximum absolute atomic E-state index is 11.7. The molecule has 0 aromatic carbocycles. The molecule has 1 amide bonds. The van der Waals surface area contributed by atoms with Gasteiger partial charge in [0.2, 0.25) is 0 Å². The average Bonchev–Trinajstić information content (AvgIpc) is 2.87. The first kappa shape index (κ1) is 18.6. The Bertz CT molecular complexity index is 449. The van der Waals surface area contributed by atoms with Crippen LogP contribution < -0.4 is 10.6 Å². The van der Waals surface area contributed by atoms with Gasteiger partial charge < -0.3 is 19.9 Å². The number of ether oxygens (including phenoxy) is 1. The number of carbonyl (C=O) groups is 1. The molecule has 0 aliphatic rings. The first-order chi connectivity index (χ1) is 10.4. The molecule has 1 unspecified atom stereocenters. The van der Waals surface area contributed by atoms with Crippen molar-refractivity contribution in [3.05, 3.63) is 24.0 Å². The van der Waals surface area contributed by atoms with Crippen LogP contribution in [0.2, 0.25) is 0 Å². The second kappa shape index (κ2) is 8.83. The molecule has 5 heteroatoms. The molecule has 0 aliphatic heterocycles. The van der Waals surface area contributed by atoms with Crippen molar-refractivity contribution in [1.82, 2.24) is 15.2 Å². The van der Waals surface area contributed by atoms with Gasteiger partial charge in [0, 0.05) is 37.6 Å². The van der Waals surface area contributed by atoms with Gasteiger partial charge in [-0.05, 0) is 46.2 Å². The van der Waals surface area contributed by atoms with Crippen LogP contribution in [0.15, 0.2) is 18.3 Å². The molecule has 0 aliphatic carbocycles. The van der Waals surface area contributed by atoms with Gasteiger partial charge in [-0.25, -0.2) is 4.79 Å². The fraction of sp³-hybridized carbons (Fsp3) is 0.706. The fourth-order valence-electron chi connectivity index (χ4n) is 2.31. The number of carbonyl (C=O) groups excluding carboxylic acids is 1. The lowest BCUT2D eigenvalue weighted by Gasteiger charge is -2.22. The highest BCUT2D eigenvalue weighted by atomic mass is 16.6. The highest BCUT2D eigenvalue weighted by Crippen LogP contribution is 2.07. The largest absolute Gasteiger partial charge is 0.444 e. The molecule has 22 heavy (non-hydrogen) atoms. The summed E-state index contributed by atoms with van der Waals surface area (Å²) in [6.45, 7) is 12.2. The summed E-state index contributed by atoms with van der Waals surface area (Å²) in [5.41, 5.74) is 0.806. The molecule has 2 N–H and O–H groups in total. The van der Waals surface area contributed by atoms with Crippen LogP contribution in [-0.2, 0) is 17.8 Å². The van der Waals surface area contributed by atoms with Gasteiger partial charge in [-0.1, -0.05) is 13.3 Å². The number of hydrogen-bond donors (Lipinski definition) is 2. The summed E-state index contributed by atoms with van der Waals surface area (Å²) in [5.74, 6) is 0. The van der Waals surface area contributed by atoms with Crippen LogP contribution in [0.5, 0.6) is 0 Å². The van der Waals surface area contributed by atoms with E-state index in [0.29, 0.717) is 6.54 Å². The second-order valence-corrected chi connectivity index (χ2v) is 6.53. The van der Waals surface area contributed by atoms with E-state index in [2.05, 4.69) is 47.4 Å². The lowest BCUT2D eigenvalue weighted by Crippen LogP contribution is -2.42. The van der Waals surface area contributed by atoms with Crippen molar-refractivity contribution in [2.24, 2.45) is 0 Å². The SMILES string of the molecule is CCCC(CNC(=O)OC(C)(C)C)NCc1cccn1CC. The van der Waals surface area contributed by atoms with E-state index in [1.165, 1.54) is 5.69 Å². The molecule has 1 aromatic heterocycles. The number of amides is 1. The van der Waals surface area contributed by atoms with Gasteiger partial charge in [0.1, 0.15) is 5.60 Å². The van der Waals surface area contributed by atoms with Crippen LogP contribution in [0.25, 0.3) is 0 Å². The molecule has 1 heterocycles. The van der Waals surface area contributed by atoms with Crippen molar-refractivity contribution in [2.75, 3.05) is 6.54 Å². The minimum Gasteiger partial charge on any atom is -0.444 e. The molecule has 0 bridgehead atoms. The standard InChI is InChI=1S/C17H31N3O2/c1-6-9-14(12-19-16(21)22-17(3,4)5)18-13-15-10-8-11-20(15)7-2/h8,10-11,14,18H,6-7,9,12-13H2,1-5H3,(H,19,21). The predicted molar refractivity (Wildman–Crippen MR) is 89.9 cm³/mol. The van der Waals surface area contributed by atoms with Crippen molar-refractivity contribution in [1.29, 1.82) is 0 Å². The van der Waals surface area contributed by atoms with Crippen LogP contribution in [0.3, 0.4) is 0 Å². The first-order valence-electron chi connectivity index (χ1n) is 8.20. The Morgan fingerprint density at radius 2 is 2.09 bits per heavy atom. The molecular weight excluding hydrogens is 278 g/mol. The van der Waals surface area contributed by atoms with Crippen LogP contribution in [0.1, 0.15) is 53.2 Å². The van der Waals surface area contributed by atoms with E-state index in [9.17, 15) is 4.79 Å². The van der Waals surface area contributed by atoms with Crippen molar-refractivity contribution in [3.63, 3.8) is 0 Å². The minimum absolute atomic E-state index is 0.248. The lowest BCUT2D eigenvalue weighted by molar-refractivity contribution is 0.0521. The molecule has 5 nitrogen and oxygen atoms in total. The summed E-state index contributed by atoms with van der Waals surface area (Å²) >= 11 is 0. The summed E-state index contributed by atoms with van der Waals surface area (Å²) in [4.78, 5) is 11.7. The summed E-state index contributed by atoms with van der Waals surface area (Å²) in [7, 11) is 0. The smallest absolute Gasteiger partial charge is 0.407 e. The van der Waals surface area contributed by atoms with Crippen molar-refractivity contribution < 1.29 is 9.53 Å². The summed E-state index contributed by atoms with van der Waals surface area (Å²) in [6, 6.07) is 4.44. The van der Waals surface area contributed by atoms with Gasteiger partial charge in [0.15, 0.2) is 0 Å².